The van der Waals surface area contributed by atoms with Gasteiger partial charge in [0, 0.05) is 5.56 Å². The Morgan fingerprint density at radius 2 is 1.46 bits per heavy atom. The van der Waals surface area contributed by atoms with Crippen molar-refractivity contribution in [3.63, 3.8) is 0 Å². The van der Waals surface area contributed by atoms with Crippen molar-refractivity contribution in [1.29, 1.82) is 0 Å². The fraction of sp³-hybridized carbons (Fsp3) is 0. The summed E-state index contributed by atoms with van der Waals surface area (Å²) in [6.07, 6.45) is 0. The molecule has 0 heterocycles. The number of amides is 1. The number of carbonyl (C=O) groups is 1. The molecule has 3 aromatic carbocycles. The van der Waals surface area contributed by atoms with Crippen molar-refractivity contribution in [2.24, 2.45) is 5.73 Å². The van der Waals surface area contributed by atoms with Gasteiger partial charge < -0.3 is 9.92 Å². The number of nitrogens with two attached hydrogens (primary N) is 1. The van der Waals surface area contributed by atoms with Crippen LogP contribution in [0.25, 0.3) is 10.8 Å². The lowest BCUT2D eigenvalue weighted by molar-refractivity contribution is 0.100. The maximum Gasteiger partial charge on any atom is 0.446 e. The van der Waals surface area contributed by atoms with Crippen LogP contribution < -0.4 is 9.92 Å². The average Bonchev–Trinajstić information content (AvgIpc) is 2.54. The average molecular weight is 345 g/mol. The van der Waals surface area contributed by atoms with Crippen LogP contribution in [0, 0.1) is 0 Å². The highest BCUT2D eigenvalue weighted by atomic mass is 32.3. The minimum Gasteiger partial charge on any atom is -0.366 e. The van der Waals surface area contributed by atoms with Gasteiger partial charge in [-0.25, -0.2) is 0 Å². The third-order valence-electron chi connectivity index (χ3n) is 3.00. The van der Waals surface area contributed by atoms with Crippen molar-refractivity contribution in [1.82, 2.24) is 0 Å². The first-order chi connectivity index (χ1) is 11.4. The van der Waals surface area contributed by atoms with E-state index in [1.165, 1.54) is 12.1 Å². The molecular formula is C17H15NO5S. The summed E-state index contributed by atoms with van der Waals surface area (Å²) in [6, 6.07) is 21.0. The molecule has 0 fully saturated rings. The van der Waals surface area contributed by atoms with Gasteiger partial charge in [-0.3, -0.25) is 9.35 Å². The van der Waals surface area contributed by atoms with Gasteiger partial charge in [-0.2, -0.15) is 8.42 Å². The number of hydrogen-bond acceptors (Lipinski definition) is 4. The highest BCUT2D eigenvalue weighted by molar-refractivity contribution is 7.81. The zero-order valence-electron chi connectivity index (χ0n) is 12.5. The number of benzene rings is 3. The monoisotopic (exact) mass is 345 g/mol. The Labute approximate surface area is 139 Å². The Morgan fingerprint density at radius 1 is 0.875 bits per heavy atom. The standard InChI is InChI=1S/C11H9NO.C6H6O4S/c12-11(13)10-7-3-5-8-4-1-2-6-9(8)10;7-11(8,9)10-6-4-2-1-3-5-6/h1-7H,(H2,12,13);1-5H,(H,7,8,9). The SMILES string of the molecule is NC(=O)c1cccc2ccccc12.O=S(=O)(O)Oc1ccccc1. The zero-order valence-corrected chi connectivity index (χ0v) is 13.3. The van der Waals surface area contributed by atoms with Gasteiger partial charge in [0.15, 0.2) is 0 Å². The topological polar surface area (TPSA) is 107 Å². The number of hydrogen-bond donors (Lipinski definition) is 2. The molecule has 0 aromatic heterocycles. The highest BCUT2D eigenvalue weighted by Crippen LogP contribution is 2.17. The summed E-state index contributed by atoms with van der Waals surface area (Å²) in [6.45, 7) is 0. The Kier molecular flexibility index (Phi) is 5.51. The van der Waals surface area contributed by atoms with E-state index >= 15 is 0 Å². The summed E-state index contributed by atoms with van der Waals surface area (Å²) in [5, 5.41) is 1.95. The predicted octanol–water partition coefficient (Wildman–Crippen LogP) is 2.81. The second kappa shape index (κ2) is 7.58. The number of rotatable bonds is 3. The summed E-state index contributed by atoms with van der Waals surface area (Å²) >= 11 is 0. The number of primary amides is 1. The van der Waals surface area contributed by atoms with Crippen LogP contribution >= 0.6 is 0 Å². The van der Waals surface area contributed by atoms with E-state index in [1.54, 1.807) is 24.3 Å². The molecule has 0 aliphatic heterocycles. The van der Waals surface area contributed by atoms with Crippen molar-refractivity contribution < 1.29 is 21.9 Å². The van der Waals surface area contributed by atoms with Gasteiger partial charge in [0.2, 0.25) is 5.91 Å². The third kappa shape index (κ3) is 5.08. The Bertz CT molecular complexity index is 934. The quantitative estimate of drug-likeness (QED) is 0.710. The summed E-state index contributed by atoms with van der Waals surface area (Å²) < 4.78 is 32.6. The van der Waals surface area contributed by atoms with Crippen LogP contribution in [0.3, 0.4) is 0 Å². The van der Waals surface area contributed by atoms with Gasteiger partial charge >= 0.3 is 10.4 Å². The lowest BCUT2D eigenvalue weighted by atomic mass is 10.0. The predicted molar refractivity (Wildman–Crippen MR) is 91.1 cm³/mol. The second-order valence-corrected chi connectivity index (χ2v) is 5.74. The Morgan fingerprint density at radius 3 is 2.08 bits per heavy atom. The molecule has 24 heavy (non-hydrogen) atoms. The normalized spacial score (nSPS) is 10.5. The molecule has 0 bridgehead atoms. The van der Waals surface area contributed by atoms with Crippen molar-refractivity contribution in [2.75, 3.05) is 0 Å². The molecule has 0 aliphatic carbocycles. The van der Waals surface area contributed by atoms with Gasteiger partial charge in [0.25, 0.3) is 0 Å². The molecule has 0 aliphatic rings. The van der Waals surface area contributed by atoms with Gasteiger partial charge in [-0.15, -0.1) is 0 Å². The molecular weight excluding hydrogens is 330 g/mol. The molecule has 0 unspecified atom stereocenters. The van der Waals surface area contributed by atoms with Crippen LogP contribution in [-0.4, -0.2) is 18.9 Å². The van der Waals surface area contributed by atoms with Crippen molar-refractivity contribution in [3.05, 3.63) is 78.4 Å². The van der Waals surface area contributed by atoms with Crippen molar-refractivity contribution >= 4 is 27.1 Å². The van der Waals surface area contributed by atoms with Crippen molar-refractivity contribution in [2.45, 2.75) is 0 Å². The highest BCUT2D eigenvalue weighted by Gasteiger charge is 2.04. The molecule has 0 radical (unpaired) electrons. The van der Waals surface area contributed by atoms with Gasteiger partial charge in [0.1, 0.15) is 5.75 Å². The summed E-state index contributed by atoms with van der Waals surface area (Å²) in [5.41, 5.74) is 5.82. The summed E-state index contributed by atoms with van der Waals surface area (Å²) in [4.78, 5) is 11.0. The van der Waals surface area contributed by atoms with Crippen LogP contribution in [-0.2, 0) is 10.4 Å². The summed E-state index contributed by atoms with van der Waals surface area (Å²) in [7, 11) is -4.38. The molecule has 0 spiro atoms. The van der Waals surface area contributed by atoms with Crippen LogP contribution in [0.2, 0.25) is 0 Å². The van der Waals surface area contributed by atoms with E-state index in [0.29, 0.717) is 5.56 Å². The van der Waals surface area contributed by atoms with Crippen LogP contribution in [0.15, 0.2) is 72.8 Å². The number of para-hydroxylation sites is 1. The Balaban J connectivity index is 0.000000177. The van der Waals surface area contributed by atoms with E-state index in [2.05, 4.69) is 4.18 Å². The van der Waals surface area contributed by atoms with E-state index in [1.807, 2.05) is 36.4 Å². The smallest absolute Gasteiger partial charge is 0.366 e. The lowest BCUT2D eigenvalue weighted by Crippen LogP contribution is -2.11. The maximum atomic E-state index is 11.0. The van der Waals surface area contributed by atoms with Gasteiger partial charge in [-0.05, 0) is 29.0 Å². The largest absolute Gasteiger partial charge is 0.446 e. The van der Waals surface area contributed by atoms with E-state index in [-0.39, 0.29) is 11.7 Å². The third-order valence-corrected chi connectivity index (χ3v) is 3.40. The molecule has 0 saturated heterocycles. The molecule has 0 atom stereocenters. The molecule has 3 N–H and O–H groups in total. The first kappa shape index (κ1) is 17.5. The van der Waals surface area contributed by atoms with E-state index in [4.69, 9.17) is 10.3 Å². The number of carbonyl (C=O) groups excluding carboxylic acids is 1. The molecule has 3 rings (SSSR count). The molecule has 3 aromatic rings. The minimum absolute atomic E-state index is 0.0926. The van der Waals surface area contributed by atoms with Crippen molar-refractivity contribution in [3.8, 4) is 5.75 Å². The van der Waals surface area contributed by atoms with Gasteiger partial charge in [0.05, 0.1) is 0 Å². The zero-order chi connectivity index (χ0) is 17.6. The molecule has 0 saturated carbocycles. The first-order valence-electron chi connectivity index (χ1n) is 6.86. The lowest BCUT2D eigenvalue weighted by Gasteiger charge is -2.01. The first-order valence-corrected chi connectivity index (χ1v) is 8.23. The van der Waals surface area contributed by atoms with E-state index < -0.39 is 10.4 Å². The molecule has 7 heteroatoms. The van der Waals surface area contributed by atoms with Gasteiger partial charge in [-0.1, -0.05) is 54.6 Å². The van der Waals surface area contributed by atoms with Crippen LogP contribution in [0.1, 0.15) is 10.4 Å². The summed E-state index contributed by atoms with van der Waals surface area (Å²) in [5.74, 6) is -0.285. The molecule has 6 nitrogen and oxygen atoms in total. The molecule has 1 amide bonds. The molecule has 124 valence electrons. The second-order valence-electron chi connectivity index (χ2n) is 4.72. The fourth-order valence-electron chi connectivity index (χ4n) is 2.04. The van der Waals surface area contributed by atoms with E-state index in [9.17, 15) is 13.2 Å². The maximum absolute atomic E-state index is 11.0. The van der Waals surface area contributed by atoms with Crippen LogP contribution in [0.4, 0.5) is 0 Å². The minimum atomic E-state index is -4.38. The van der Waals surface area contributed by atoms with Crippen LogP contribution in [0.5, 0.6) is 5.75 Å². The van der Waals surface area contributed by atoms with E-state index in [0.717, 1.165) is 10.8 Å². The number of fused-ring (bicyclic) bond motifs is 1. The fourth-order valence-corrected chi connectivity index (χ4v) is 2.39. The Hall–Kier alpha value is -2.90.